The van der Waals surface area contributed by atoms with Gasteiger partial charge in [0.25, 0.3) is 0 Å². The molecule has 26 heavy (non-hydrogen) atoms. The minimum Gasteiger partial charge on any atom is -0.387 e. The van der Waals surface area contributed by atoms with Crippen molar-refractivity contribution in [3.63, 3.8) is 0 Å². The summed E-state index contributed by atoms with van der Waals surface area (Å²) in [5.74, 6) is 0. The smallest absolute Gasteiger partial charge is 0.207 e. The first-order chi connectivity index (χ1) is 12.5. The van der Waals surface area contributed by atoms with Gasteiger partial charge in [-0.2, -0.15) is 0 Å². The van der Waals surface area contributed by atoms with E-state index >= 15 is 0 Å². The van der Waals surface area contributed by atoms with Crippen LogP contribution < -0.4 is 10.6 Å². The van der Waals surface area contributed by atoms with Crippen LogP contribution in [0.2, 0.25) is 0 Å². The highest BCUT2D eigenvalue weighted by atomic mass is 31.2. The molecular weight excluding hydrogens is 341 g/mol. The van der Waals surface area contributed by atoms with Gasteiger partial charge in [0, 0.05) is 16.7 Å². The molecule has 0 aliphatic carbocycles. The van der Waals surface area contributed by atoms with E-state index in [0.717, 1.165) is 16.2 Å². The van der Waals surface area contributed by atoms with Crippen LogP contribution in [0, 0.1) is 0 Å². The fraction of sp³-hybridized carbons (Fsp3) is 0.182. The minimum absolute atomic E-state index is 0.330. The molecule has 3 aromatic carbocycles. The molecule has 0 spiro atoms. The van der Waals surface area contributed by atoms with Crippen LogP contribution in [0.3, 0.4) is 0 Å². The fourth-order valence-electron chi connectivity index (χ4n) is 3.16. The molecule has 4 heteroatoms. The third-order valence-corrected chi connectivity index (χ3v) is 8.09. The van der Waals surface area contributed by atoms with Crippen LogP contribution in [-0.2, 0) is 4.57 Å². The maximum absolute atomic E-state index is 14.3. The summed E-state index contributed by atoms with van der Waals surface area (Å²) >= 11 is 0. The fourth-order valence-corrected chi connectivity index (χ4v) is 5.98. The first-order valence-corrected chi connectivity index (χ1v) is 10.4. The average molecular weight is 365 g/mol. The zero-order valence-corrected chi connectivity index (χ0v) is 16.0. The highest BCUT2D eigenvalue weighted by Gasteiger charge is 2.37. The molecule has 0 aliphatic heterocycles. The Morgan fingerprint density at radius 3 is 1.58 bits per heavy atom. The summed E-state index contributed by atoms with van der Waals surface area (Å²) in [6, 6.07) is 28.2. The lowest BCUT2D eigenvalue weighted by Gasteiger charge is -2.36. The van der Waals surface area contributed by atoms with Gasteiger partial charge in [-0.05, 0) is 43.8 Å². The Morgan fingerprint density at radius 1 is 0.769 bits per heavy atom. The van der Waals surface area contributed by atoms with E-state index in [-0.39, 0.29) is 6.04 Å². The Kier molecular flexibility index (Phi) is 5.73. The van der Waals surface area contributed by atoms with Gasteiger partial charge in [0.15, 0.2) is 0 Å². The number of nitrogens with zero attached hydrogens (tertiary/aromatic N) is 1. The first kappa shape index (κ1) is 18.6. The molecule has 2 atom stereocenters. The molecule has 0 heterocycles. The predicted molar refractivity (Wildman–Crippen MR) is 108 cm³/mol. The number of aliphatic hydroxyl groups is 1. The van der Waals surface area contributed by atoms with Crippen molar-refractivity contribution in [1.82, 2.24) is 4.67 Å². The molecular formula is C22H24NO2P. The topological polar surface area (TPSA) is 40.5 Å². The van der Waals surface area contributed by atoms with E-state index < -0.39 is 13.4 Å². The summed E-state index contributed by atoms with van der Waals surface area (Å²) in [4.78, 5) is 0. The van der Waals surface area contributed by atoms with Crippen molar-refractivity contribution in [2.45, 2.75) is 19.1 Å². The van der Waals surface area contributed by atoms with Crippen LogP contribution in [0.15, 0.2) is 91.0 Å². The molecule has 1 N–H and O–H groups in total. The van der Waals surface area contributed by atoms with Crippen LogP contribution in [0.1, 0.15) is 18.6 Å². The summed E-state index contributed by atoms with van der Waals surface area (Å²) in [5, 5.41) is 12.4. The highest BCUT2D eigenvalue weighted by molar-refractivity contribution is 7.76. The van der Waals surface area contributed by atoms with E-state index in [0.29, 0.717) is 0 Å². The molecule has 0 fully saturated rings. The standard InChI is InChI=1S/C22H24NO2P/c1-18(22(24)19-12-6-3-7-13-19)23(2)26(25,20-14-8-4-9-15-20)21-16-10-5-11-17-21/h3-18,22,24H,1-2H3/t18-,22-/m0/s1. The van der Waals surface area contributed by atoms with E-state index in [4.69, 9.17) is 0 Å². The Bertz CT molecular complexity index is 825. The van der Waals surface area contributed by atoms with Gasteiger partial charge in [-0.3, -0.25) is 4.57 Å². The summed E-state index contributed by atoms with van der Waals surface area (Å²) in [7, 11) is -1.24. The Labute approximate surface area is 155 Å². The number of benzene rings is 3. The lowest BCUT2D eigenvalue weighted by atomic mass is 10.0. The van der Waals surface area contributed by atoms with Crippen molar-refractivity contribution in [3.05, 3.63) is 96.6 Å². The van der Waals surface area contributed by atoms with E-state index in [1.54, 1.807) is 0 Å². The predicted octanol–water partition coefficient (Wildman–Crippen LogP) is 3.97. The minimum atomic E-state index is -3.07. The monoisotopic (exact) mass is 365 g/mol. The number of hydrogen-bond donors (Lipinski definition) is 1. The van der Waals surface area contributed by atoms with Gasteiger partial charge in [0.1, 0.15) is 0 Å². The Balaban J connectivity index is 2.04. The van der Waals surface area contributed by atoms with Gasteiger partial charge < -0.3 is 5.11 Å². The second-order valence-electron chi connectivity index (χ2n) is 6.42. The number of likely N-dealkylation sites (N-methyl/N-ethyl adjacent to an activating group) is 1. The van der Waals surface area contributed by atoms with Crippen LogP contribution in [-0.4, -0.2) is 22.9 Å². The van der Waals surface area contributed by atoms with Crippen molar-refractivity contribution >= 4 is 17.9 Å². The van der Waals surface area contributed by atoms with Crippen LogP contribution >= 0.6 is 7.29 Å². The molecule has 3 aromatic rings. The molecule has 3 nitrogen and oxygen atoms in total. The molecule has 3 rings (SSSR count). The molecule has 0 aliphatic rings. The number of hydrogen-bond acceptors (Lipinski definition) is 2. The summed E-state index contributed by atoms with van der Waals surface area (Å²) < 4.78 is 16.1. The highest BCUT2D eigenvalue weighted by Crippen LogP contribution is 2.49. The van der Waals surface area contributed by atoms with Crippen LogP contribution in [0.25, 0.3) is 0 Å². The molecule has 134 valence electrons. The van der Waals surface area contributed by atoms with Crippen molar-refractivity contribution < 1.29 is 9.67 Å². The first-order valence-electron chi connectivity index (χ1n) is 8.72. The lowest BCUT2D eigenvalue weighted by molar-refractivity contribution is 0.108. The summed E-state index contributed by atoms with van der Waals surface area (Å²) in [6.07, 6.45) is -0.734. The molecule has 0 unspecified atom stereocenters. The third-order valence-electron chi connectivity index (χ3n) is 4.84. The number of aliphatic hydroxyl groups excluding tert-OH is 1. The maximum atomic E-state index is 14.3. The summed E-state index contributed by atoms with van der Waals surface area (Å²) in [5.41, 5.74) is 0.819. The van der Waals surface area contributed by atoms with Crippen LogP contribution in [0.5, 0.6) is 0 Å². The molecule has 0 aromatic heterocycles. The molecule has 0 radical (unpaired) electrons. The largest absolute Gasteiger partial charge is 0.387 e. The number of rotatable bonds is 6. The maximum Gasteiger partial charge on any atom is 0.207 e. The zero-order chi connectivity index (χ0) is 18.6. The second-order valence-corrected chi connectivity index (χ2v) is 9.23. The van der Waals surface area contributed by atoms with E-state index in [9.17, 15) is 9.67 Å². The second kappa shape index (κ2) is 8.01. The Hall–Kier alpha value is -2.19. The van der Waals surface area contributed by atoms with Crippen molar-refractivity contribution in [2.75, 3.05) is 7.05 Å². The lowest BCUT2D eigenvalue weighted by Crippen LogP contribution is -2.38. The third kappa shape index (κ3) is 3.52. The zero-order valence-electron chi connectivity index (χ0n) is 15.1. The molecule has 0 bridgehead atoms. The van der Waals surface area contributed by atoms with Gasteiger partial charge in [-0.25, -0.2) is 4.67 Å². The summed E-state index contributed by atoms with van der Waals surface area (Å²) in [6.45, 7) is 1.91. The molecule has 0 saturated heterocycles. The van der Waals surface area contributed by atoms with Gasteiger partial charge >= 0.3 is 0 Å². The van der Waals surface area contributed by atoms with Crippen molar-refractivity contribution in [3.8, 4) is 0 Å². The van der Waals surface area contributed by atoms with Crippen LogP contribution in [0.4, 0.5) is 0 Å². The SMILES string of the molecule is C[C@@H]([C@H](O)c1ccccc1)N(C)P(=O)(c1ccccc1)c1ccccc1. The van der Waals surface area contributed by atoms with Crippen molar-refractivity contribution in [2.24, 2.45) is 0 Å². The molecule has 0 amide bonds. The van der Waals surface area contributed by atoms with Crippen molar-refractivity contribution in [1.29, 1.82) is 0 Å². The van der Waals surface area contributed by atoms with Gasteiger partial charge in [0.2, 0.25) is 7.29 Å². The molecule has 0 saturated carbocycles. The quantitative estimate of drug-likeness (QED) is 0.672. The average Bonchev–Trinajstić information content (AvgIpc) is 2.73. The normalized spacial score (nSPS) is 14.2. The van der Waals surface area contributed by atoms with Gasteiger partial charge in [-0.1, -0.05) is 66.7 Å². The van der Waals surface area contributed by atoms with Gasteiger partial charge in [0.05, 0.1) is 6.10 Å². The van der Waals surface area contributed by atoms with Gasteiger partial charge in [-0.15, -0.1) is 0 Å². The Morgan fingerprint density at radius 2 is 1.15 bits per heavy atom. The van der Waals surface area contributed by atoms with E-state index in [2.05, 4.69) is 0 Å². The van der Waals surface area contributed by atoms with E-state index in [1.807, 2.05) is 110 Å². The van der Waals surface area contributed by atoms with E-state index in [1.165, 1.54) is 0 Å².